The van der Waals surface area contributed by atoms with Crippen LogP contribution in [-0.4, -0.2) is 29.1 Å². The summed E-state index contributed by atoms with van der Waals surface area (Å²) in [6.45, 7) is 1.74. The van der Waals surface area contributed by atoms with Gasteiger partial charge in [0.25, 0.3) is 0 Å². The van der Waals surface area contributed by atoms with E-state index in [1.807, 2.05) is 0 Å². The fraction of sp³-hybridized carbons (Fsp3) is 0.909. The molecular weight excluding hydrogens is 249 g/mol. The first-order valence-electron chi connectivity index (χ1n) is 5.93. The lowest BCUT2D eigenvalue weighted by Gasteiger charge is -2.39. The fourth-order valence-electron chi connectivity index (χ4n) is 2.39. The Morgan fingerprint density at radius 1 is 1.41 bits per heavy atom. The molecule has 1 saturated carbocycles. The summed E-state index contributed by atoms with van der Waals surface area (Å²) in [5, 5.41) is -0.693. The number of halogens is 3. The van der Waals surface area contributed by atoms with Crippen LogP contribution in [0.2, 0.25) is 0 Å². The highest BCUT2D eigenvalue weighted by Crippen LogP contribution is 2.38. The van der Waals surface area contributed by atoms with Crippen LogP contribution in [0.3, 0.4) is 0 Å². The van der Waals surface area contributed by atoms with Gasteiger partial charge in [-0.25, -0.2) is 0 Å². The van der Waals surface area contributed by atoms with E-state index in [1.54, 1.807) is 6.92 Å². The topological polar surface area (TPSA) is 38.4 Å². The Morgan fingerprint density at radius 2 is 2.06 bits per heavy atom. The van der Waals surface area contributed by atoms with E-state index in [1.165, 1.54) is 6.42 Å². The number of nitrogens with two attached hydrogens (primary N) is 1. The average Bonchev–Trinajstić information content (AvgIpc) is 2.12. The molecule has 0 radical (unpaired) electrons. The van der Waals surface area contributed by atoms with Gasteiger partial charge in [0.05, 0.1) is 6.04 Å². The molecule has 1 aliphatic carbocycles. The van der Waals surface area contributed by atoms with Gasteiger partial charge in [-0.1, -0.05) is 6.42 Å². The van der Waals surface area contributed by atoms with Gasteiger partial charge in [0.1, 0.15) is 0 Å². The predicted molar refractivity (Wildman–Crippen MR) is 64.2 cm³/mol. The Hall–Kier alpha value is -0.230. The Labute approximate surface area is 103 Å². The molecule has 2 nitrogen and oxygen atoms in total. The summed E-state index contributed by atoms with van der Waals surface area (Å²) < 4.78 is 37.5. The van der Waals surface area contributed by atoms with Crippen LogP contribution in [0.1, 0.15) is 26.2 Å². The summed E-state index contributed by atoms with van der Waals surface area (Å²) in [4.78, 5) is 3.77. The zero-order valence-corrected chi connectivity index (χ0v) is 10.5. The van der Waals surface area contributed by atoms with Crippen molar-refractivity contribution in [2.45, 2.75) is 44.4 Å². The average molecular weight is 266 g/mol. The van der Waals surface area contributed by atoms with Gasteiger partial charge in [-0.05, 0) is 25.7 Å². The predicted octanol–water partition coefficient (Wildman–Crippen LogP) is 2.83. The number of hydrogen-bond acceptors (Lipinski definition) is 3. The monoisotopic (exact) mass is 266 g/mol. The maximum atomic E-state index is 12.5. The van der Waals surface area contributed by atoms with Crippen LogP contribution in [0.25, 0.3) is 0 Å². The van der Waals surface area contributed by atoms with Gasteiger partial charge in [0.2, 0.25) is 0 Å². The zero-order valence-electron chi connectivity index (χ0n) is 9.70. The van der Waals surface area contributed by atoms with Crippen molar-refractivity contribution in [3.8, 4) is 0 Å². The van der Waals surface area contributed by atoms with Crippen molar-refractivity contribution < 1.29 is 13.2 Å². The molecule has 2 aliphatic rings. The van der Waals surface area contributed by atoms with Gasteiger partial charge in [0.15, 0.2) is 5.04 Å². The third-order valence-electron chi connectivity index (χ3n) is 3.78. The van der Waals surface area contributed by atoms with Crippen molar-refractivity contribution in [2.75, 3.05) is 5.75 Å². The van der Waals surface area contributed by atoms with Crippen molar-refractivity contribution >= 4 is 16.8 Å². The van der Waals surface area contributed by atoms with Crippen molar-refractivity contribution in [2.24, 2.45) is 22.6 Å². The van der Waals surface area contributed by atoms with Crippen molar-refractivity contribution in [3.63, 3.8) is 0 Å². The smallest absolute Gasteiger partial charge is 0.327 e. The third kappa shape index (κ3) is 2.78. The molecule has 0 spiro atoms. The minimum absolute atomic E-state index is 0.00443. The summed E-state index contributed by atoms with van der Waals surface area (Å²) in [6, 6.07) is -0.312. The minimum Gasteiger partial charge on any atom is -0.327 e. The Balaban J connectivity index is 2.02. The normalized spacial score (nSPS) is 32.9. The van der Waals surface area contributed by atoms with E-state index in [-0.39, 0.29) is 18.0 Å². The van der Waals surface area contributed by atoms with Gasteiger partial charge in [-0.15, -0.1) is 11.8 Å². The molecule has 1 unspecified atom stereocenters. The van der Waals surface area contributed by atoms with Gasteiger partial charge < -0.3 is 5.73 Å². The summed E-state index contributed by atoms with van der Waals surface area (Å²) >= 11 is 0.807. The maximum Gasteiger partial charge on any atom is 0.439 e. The molecule has 0 aromatic heterocycles. The van der Waals surface area contributed by atoms with Crippen LogP contribution in [0.4, 0.5) is 13.2 Å². The van der Waals surface area contributed by atoms with Crippen molar-refractivity contribution in [3.05, 3.63) is 0 Å². The quantitative estimate of drug-likeness (QED) is 0.834. The van der Waals surface area contributed by atoms with E-state index < -0.39 is 11.2 Å². The lowest BCUT2D eigenvalue weighted by Crippen LogP contribution is -2.47. The molecule has 0 amide bonds. The third-order valence-corrected chi connectivity index (χ3v) is 4.95. The van der Waals surface area contributed by atoms with Crippen molar-refractivity contribution in [1.82, 2.24) is 0 Å². The van der Waals surface area contributed by atoms with Crippen LogP contribution in [0, 0.1) is 11.8 Å². The number of rotatable bonds is 2. The van der Waals surface area contributed by atoms with E-state index in [2.05, 4.69) is 4.99 Å². The molecule has 0 bridgehead atoms. The fourth-order valence-corrected chi connectivity index (χ4v) is 3.65. The van der Waals surface area contributed by atoms with Gasteiger partial charge in [0, 0.05) is 17.7 Å². The van der Waals surface area contributed by atoms with Crippen LogP contribution >= 0.6 is 11.8 Å². The van der Waals surface area contributed by atoms with Gasteiger partial charge in [-0.3, -0.25) is 4.99 Å². The molecular formula is C11H17F3N2S. The largest absolute Gasteiger partial charge is 0.439 e. The molecule has 2 rings (SSSR count). The first-order valence-corrected chi connectivity index (χ1v) is 6.91. The van der Waals surface area contributed by atoms with E-state index in [0.29, 0.717) is 11.7 Å². The summed E-state index contributed by atoms with van der Waals surface area (Å²) in [5.41, 5.74) is 6.13. The van der Waals surface area contributed by atoms with E-state index in [4.69, 9.17) is 5.73 Å². The summed E-state index contributed by atoms with van der Waals surface area (Å²) in [6.07, 6.45) is -0.871. The molecule has 2 N–H and O–H groups in total. The second-order valence-corrected chi connectivity index (χ2v) is 5.92. The Morgan fingerprint density at radius 3 is 2.47 bits per heavy atom. The SMILES string of the molecule is C[C@H]1N=C(C(F)(F)F)SC[C@H]1C(N)C1CCC1. The van der Waals surface area contributed by atoms with Gasteiger partial charge >= 0.3 is 6.18 Å². The lowest BCUT2D eigenvalue weighted by atomic mass is 9.74. The van der Waals surface area contributed by atoms with E-state index >= 15 is 0 Å². The molecule has 0 aromatic carbocycles. The Kier molecular flexibility index (Phi) is 3.73. The Bertz CT molecular complexity index is 312. The van der Waals surface area contributed by atoms with Gasteiger partial charge in [-0.2, -0.15) is 13.2 Å². The second-order valence-electron chi connectivity index (χ2n) is 4.92. The highest BCUT2D eigenvalue weighted by atomic mass is 32.2. The van der Waals surface area contributed by atoms with E-state index in [0.717, 1.165) is 24.6 Å². The summed E-state index contributed by atoms with van der Waals surface area (Å²) in [7, 11) is 0. The number of hydrogen-bond donors (Lipinski definition) is 1. The first kappa shape index (κ1) is 13.2. The molecule has 1 heterocycles. The van der Waals surface area contributed by atoms with Crippen LogP contribution in [0.5, 0.6) is 0 Å². The standard InChI is InChI=1S/C11H17F3N2S/c1-6-8(9(15)7-3-2-4-7)5-17-10(16-6)11(12,13)14/h6-9H,2-5,15H2,1H3/t6-,8-,9?/m1/s1. The molecule has 0 saturated heterocycles. The highest BCUT2D eigenvalue weighted by Gasteiger charge is 2.42. The molecule has 6 heteroatoms. The first-order chi connectivity index (χ1) is 7.89. The zero-order chi connectivity index (χ0) is 12.6. The van der Waals surface area contributed by atoms with Crippen LogP contribution in [-0.2, 0) is 0 Å². The minimum atomic E-state index is -4.30. The van der Waals surface area contributed by atoms with Crippen molar-refractivity contribution in [1.29, 1.82) is 0 Å². The summed E-state index contributed by atoms with van der Waals surface area (Å²) in [5.74, 6) is 1.01. The molecule has 98 valence electrons. The number of aliphatic imine (C=N–C) groups is 1. The van der Waals surface area contributed by atoms with E-state index in [9.17, 15) is 13.2 Å². The van der Waals surface area contributed by atoms with Crippen LogP contribution < -0.4 is 5.73 Å². The van der Waals surface area contributed by atoms with Crippen LogP contribution in [0.15, 0.2) is 4.99 Å². The second kappa shape index (κ2) is 4.80. The molecule has 0 aromatic rings. The molecule has 1 fully saturated rings. The highest BCUT2D eigenvalue weighted by molar-refractivity contribution is 8.14. The maximum absolute atomic E-state index is 12.5. The molecule has 3 atom stereocenters. The molecule has 1 aliphatic heterocycles. The lowest BCUT2D eigenvalue weighted by molar-refractivity contribution is -0.0561. The number of alkyl halides is 3. The molecule has 17 heavy (non-hydrogen) atoms. The number of thioether (sulfide) groups is 1. The number of nitrogens with zero attached hydrogens (tertiary/aromatic N) is 1.